The number of carbonyl (C=O) groups excluding carboxylic acids is 2. The zero-order valence-electron chi connectivity index (χ0n) is 21.1. The summed E-state index contributed by atoms with van der Waals surface area (Å²) in [7, 11) is 1.57. The second kappa shape index (κ2) is 10.4. The molecule has 0 spiro atoms. The molecule has 0 bridgehead atoms. The summed E-state index contributed by atoms with van der Waals surface area (Å²) < 4.78 is 5.20. The maximum Gasteiger partial charge on any atom is 0.295 e. The first-order valence-electron chi connectivity index (χ1n) is 11.9. The van der Waals surface area contributed by atoms with E-state index in [0.29, 0.717) is 24.4 Å². The molecule has 1 N–H and O–H groups in total. The number of aliphatic hydroxyl groups excluding tert-OH is 1. The van der Waals surface area contributed by atoms with Crippen LogP contribution >= 0.6 is 0 Å². The van der Waals surface area contributed by atoms with Gasteiger partial charge in [-0.05, 0) is 53.9 Å². The number of methoxy groups -OCH3 is 1. The van der Waals surface area contributed by atoms with Gasteiger partial charge < -0.3 is 19.6 Å². The average Bonchev–Trinajstić information content (AvgIpc) is 3.08. The van der Waals surface area contributed by atoms with Crippen LogP contribution in [0.3, 0.4) is 0 Å². The molecule has 182 valence electrons. The predicted octanol–water partition coefficient (Wildman–Crippen LogP) is 4.76. The molecule has 1 atom stereocenters. The van der Waals surface area contributed by atoms with E-state index in [1.165, 1.54) is 0 Å². The van der Waals surface area contributed by atoms with E-state index in [1.807, 2.05) is 24.3 Å². The molecule has 6 nitrogen and oxygen atoms in total. The average molecular weight is 465 g/mol. The highest BCUT2D eigenvalue weighted by atomic mass is 16.5. The smallest absolute Gasteiger partial charge is 0.295 e. The van der Waals surface area contributed by atoms with Crippen molar-refractivity contribution in [3.63, 3.8) is 0 Å². The van der Waals surface area contributed by atoms with Crippen LogP contribution in [0, 0.1) is 0 Å². The number of carbonyl (C=O) groups is 2. The molecule has 0 radical (unpaired) electrons. The van der Waals surface area contributed by atoms with Gasteiger partial charge in [-0.2, -0.15) is 0 Å². The van der Waals surface area contributed by atoms with Crippen molar-refractivity contribution >= 4 is 17.4 Å². The SMILES string of the molecule is CCN(CC)CCN1C(=O)C(=O)/C(=C(/O)c2ccc(OC)cc2)[C@H]1c1ccc(C(C)(C)C)cc1. The van der Waals surface area contributed by atoms with Crippen molar-refractivity contribution in [1.82, 2.24) is 9.80 Å². The maximum absolute atomic E-state index is 13.2. The molecule has 3 rings (SSSR count). The van der Waals surface area contributed by atoms with Gasteiger partial charge in [-0.3, -0.25) is 9.59 Å². The molecule has 0 aliphatic carbocycles. The standard InChI is InChI=1S/C28H36N2O4/c1-7-29(8-2)17-18-30-24(19-9-13-21(14-10-19)28(3,4)5)23(26(32)27(30)33)25(31)20-11-15-22(34-6)16-12-20/h9-16,24,31H,7-8,17-18H2,1-6H3/b25-23+/t24-/m1/s1. The second-order valence-electron chi connectivity index (χ2n) is 9.62. The Bertz CT molecular complexity index is 1050. The lowest BCUT2D eigenvalue weighted by atomic mass is 9.85. The number of benzene rings is 2. The van der Waals surface area contributed by atoms with Gasteiger partial charge >= 0.3 is 0 Å². The van der Waals surface area contributed by atoms with Gasteiger partial charge in [0.05, 0.1) is 18.7 Å². The number of ether oxygens (including phenoxy) is 1. The monoisotopic (exact) mass is 464 g/mol. The van der Waals surface area contributed by atoms with Gasteiger partial charge in [0, 0.05) is 18.7 Å². The Morgan fingerprint density at radius 3 is 2.09 bits per heavy atom. The quantitative estimate of drug-likeness (QED) is 0.347. The van der Waals surface area contributed by atoms with E-state index in [4.69, 9.17) is 4.74 Å². The van der Waals surface area contributed by atoms with Crippen LogP contribution in [-0.2, 0) is 15.0 Å². The molecule has 1 saturated heterocycles. The summed E-state index contributed by atoms with van der Waals surface area (Å²) in [5, 5.41) is 11.2. The molecule has 1 heterocycles. The minimum Gasteiger partial charge on any atom is -0.507 e. The first-order valence-corrected chi connectivity index (χ1v) is 11.9. The van der Waals surface area contributed by atoms with Crippen LogP contribution < -0.4 is 4.74 Å². The number of likely N-dealkylation sites (tertiary alicyclic amines) is 1. The Kier molecular flexibility index (Phi) is 7.82. The lowest BCUT2D eigenvalue weighted by Gasteiger charge is -2.28. The normalized spacial score (nSPS) is 18.1. The summed E-state index contributed by atoms with van der Waals surface area (Å²) >= 11 is 0. The van der Waals surface area contributed by atoms with Crippen molar-refractivity contribution in [3.05, 3.63) is 70.8 Å². The van der Waals surface area contributed by atoms with Crippen LogP contribution in [0.4, 0.5) is 0 Å². The number of rotatable bonds is 8. The third-order valence-electron chi connectivity index (χ3n) is 6.55. The third-order valence-corrected chi connectivity index (χ3v) is 6.55. The topological polar surface area (TPSA) is 70.1 Å². The molecule has 1 amide bonds. The van der Waals surface area contributed by atoms with Crippen LogP contribution in [-0.4, -0.2) is 59.9 Å². The third kappa shape index (κ3) is 5.17. The zero-order valence-corrected chi connectivity index (χ0v) is 21.1. The zero-order chi connectivity index (χ0) is 25.0. The van der Waals surface area contributed by atoms with E-state index in [0.717, 1.165) is 24.2 Å². The first kappa shape index (κ1) is 25.5. The molecular weight excluding hydrogens is 428 g/mol. The highest BCUT2D eigenvalue weighted by molar-refractivity contribution is 6.46. The molecular formula is C28H36N2O4. The molecule has 2 aromatic rings. The van der Waals surface area contributed by atoms with E-state index < -0.39 is 17.7 Å². The summed E-state index contributed by atoms with van der Waals surface area (Å²) in [6.07, 6.45) is 0. The molecule has 2 aromatic carbocycles. The van der Waals surface area contributed by atoms with Crippen molar-refractivity contribution in [1.29, 1.82) is 0 Å². The number of aliphatic hydroxyl groups is 1. The van der Waals surface area contributed by atoms with Crippen LogP contribution in [0.5, 0.6) is 5.75 Å². The molecule has 1 aliphatic heterocycles. The van der Waals surface area contributed by atoms with Gasteiger partial charge in [0.2, 0.25) is 0 Å². The van der Waals surface area contributed by atoms with Crippen molar-refractivity contribution in [2.45, 2.75) is 46.1 Å². The fraction of sp³-hybridized carbons (Fsp3) is 0.429. The van der Waals surface area contributed by atoms with E-state index >= 15 is 0 Å². The number of likely N-dealkylation sites (N-methyl/N-ethyl adjacent to an activating group) is 1. The second-order valence-corrected chi connectivity index (χ2v) is 9.62. The van der Waals surface area contributed by atoms with Crippen LogP contribution in [0.15, 0.2) is 54.1 Å². The van der Waals surface area contributed by atoms with Gasteiger partial charge in [-0.1, -0.05) is 58.9 Å². The van der Waals surface area contributed by atoms with Gasteiger partial charge in [0.15, 0.2) is 0 Å². The summed E-state index contributed by atoms with van der Waals surface area (Å²) in [4.78, 5) is 30.2. The summed E-state index contributed by atoms with van der Waals surface area (Å²) in [6, 6.07) is 14.2. The van der Waals surface area contributed by atoms with Crippen molar-refractivity contribution < 1.29 is 19.4 Å². The lowest BCUT2D eigenvalue weighted by Crippen LogP contribution is -2.38. The molecule has 1 aliphatic rings. The van der Waals surface area contributed by atoms with E-state index in [1.54, 1.807) is 36.3 Å². The largest absolute Gasteiger partial charge is 0.507 e. The molecule has 1 fully saturated rings. The Morgan fingerprint density at radius 1 is 1.00 bits per heavy atom. The fourth-order valence-corrected chi connectivity index (χ4v) is 4.32. The molecule has 6 heteroatoms. The summed E-state index contributed by atoms with van der Waals surface area (Å²) in [5.74, 6) is -0.758. The van der Waals surface area contributed by atoms with Gasteiger partial charge in [-0.25, -0.2) is 0 Å². The number of hydrogen-bond acceptors (Lipinski definition) is 5. The minimum absolute atomic E-state index is 0.0216. The van der Waals surface area contributed by atoms with E-state index in [2.05, 4.69) is 39.5 Å². The van der Waals surface area contributed by atoms with Gasteiger partial charge in [0.1, 0.15) is 11.5 Å². The molecule has 34 heavy (non-hydrogen) atoms. The Labute approximate surface area is 202 Å². The highest BCUT2D eigenvalue weighted by Gasteiger charge is 2.46. The highest BCUT2D eigenvalue weighted by Crippen LogP contribution is 2.40. The Morgan fingerprint density at radius 2 is 1.59 bits per heavy atom. The number of amides is 1. The Hall–Kier alpha value is -3.12. The first-order chi connectivity index (χ1) is 16.1. The summed E-state index contributed by atoms with van der Waals surface area (Å²) in [5.41, 5.74) is 2.54. The van der Waals surface area contributed by atoms with Crippen LogP contribution in [0.25, 0.3) is 5.76 Å². The van der Waals surface area contributed by atoms with E-state index in [-0.39, 0.29) is 16.7 Å². The van der Waals surface area contributed by atoms with Crippen LogP contribution in [0.1, 0.15) is 57.4 Å². The lowest BCUT2D eigenvalue weighted by molar-refractivity contribution is -0.140. The van der Waals surface area contributed by atoms with Crippen molar-refractivity contribution in [2.24, 2.45) is 0 Å². The van der Waals surface area contributed by atoms with Crippen molar-refractivity contribution in [2.75, 3.05) is 33.3 Å². The van der Waals surface area contributed by atoms with Crippen LogP contribution in [0.2, 0.25) is 0 Å². The summed E-state index contributed by atoms with van der Waals surface area (Å²) in [6.45, 7) is 13.3. The molecule has 0 unspecified atom stereocenters. The van der Waals surface area contributed by atoms with E-state index in [9.17, 15) is 14.7 Å². The molecule has 0 aromatic heterocycles. The van der Waals surface area contributed by atoms with Gasteiger partial charge in [0.25, 0.3) is 11.7 Å². The number of hydrogen-bond donors (Lipinski definition) is 1. The maximum atomic E-state index is 13.2. The van der Waals surface area contributed by atoms with Crippen molar-refractivity contribution in [3.8, 4) is 5.75 Å². The fourth-order valence-electron chi connectivity index (χ4n) is 4.32. The number of nitrogens with zero attached hydrogens (tertiary/aromatic N) is 2. The van der Waals surface area contributed by atoms with Gasteiger partial charge in [-0.15, -0.1) is 0 Å². The number of ketones is 1. The Balaban J connectivity index is 2.09. The minimum atomic E-state index is -0.655. The predicted molar refractivity (Wildman–Crippen MR) is 135 cm³/mol. The molecule has 0 saturated carbocycles. The number of Topliss-reactive ketones (excluding diaryl/α,β-unsaturated/α-hetero) is 1.